The molecule has 136 valence electrons. The Morgan fingerprint density at radius 2 is 1.96 bits per heavy atom. The summed E-state index contributed by atoms with van der Waals surface area (Å²) in [6.07, 6.45) is 15.8. The number of carboxylic acid groups (broad SMARTS) is 1. The lowest BCUT2D eigenvalue weighted by molar-refractivity contribution is -0.137. The van der Waals surface area contributed by atoms with Crippen molar-refractivity contribution in [2.75, 3.05) is 0 Å². The Morgan fingerprint density at radius 1 is 1.21 bits per heavy atom. The van der Waals surface area contributed by atoms with Crippen molar-refractivity contribution >= 4 is 11.8 Å². The minimum Gasteiger partial charge on any atom is -0.481 e. The van der Waals surface area contributed by atoms with Crippen molar-refractivity contribution in [1.82, 2.24) is 0 Å². The van der Waals surface area contributed by atoms with Gasteiger partial charge in [0.25, 0.3) is 0 Å². The van der Waals surface area contributed by atoms with Crippen LogP contribution in [0.2, 0.25) is 0 Å². The number of carbonyl (C=O) groups is 2. The monoisotopic (exact) mass is 336 g/mol. The Bertz CT molecular complexity index is 439. The number of aliphatic hydroxyl groups is 1. The topological polar surface area (TPSA) is 74.6 Å². The maximum Gasteiger partial charge on any atom is 0.303 e. The Hall–Kier alpha value is -1.42. The maximum absolute atomic E-state index is 12.0. The predicted molar refractivity (Wildman–Crippen MR) is 95.8 cm³/mol. The van der Waals surface area contributed by atoms with Crippen LogP contribution in [0.4, 0.5) is 0 Å². The van der Waals surface area contributed by atoms with Gasteiger partial charge in [-0.2, -0.15) is 0 Å². The first-order chi connectivity index (χ1) is 11.6. The first-order valence-corrected chi connectivity index (χ1v) is 9.34. The molecule has 1 rings (SSSR count). The molecule has 24 heavy (non-hydrogen) atoms. The first-order valence-electron chi connectivity index (χ1n) is 9.34. The largest absolute Gasteiger partial charge is 0.481 e. The molecule has 0 aromatic carbocycles. The van der Waals surface area contributed by atoms with Crippen molar-refractivity contribution in [3.05, 3.63) is 24.3 Å². The van der Waals surface area contributed by atoms with Gasteiger partial charge in [0.15, 0.2) is 5.78 Å². The molecule has 3 unspecified atom stereocenters. The molecule has 0 radical (unpaired) electrons. The Labute approximate surface area is 145 Å². The van der Waals surface area contributed by atoms with Crippen LogP contribution in [0.1, 0.15) is 71.1 Å². The highest BCUT2D eigenvalue weighted by Gasteiger charge is 2.32. The maximum atomic E-state index is 12.0. The molecule has 0 saturated heterocycles. The Balaban J connectivity index is 2.33. The zero-order chi connectivity index (χ0) is 17.8. The van der Waals surface area contributed by atoms with E-state index in [-0.39, 0.29) is 24.0 Å². The second kappa shape index (κ2) is 12.0. The van der Waals surface area contributed by atoms with E-state index < -0.39 is 12.1 Å². The van der Waals surface area contributed by atoms with Crippen LogP contribution in [-0.4, -0.2) is 28.1 Å². The van der Waals surface area contributed by atoms with E-state index in [2.05, 4.69) is 13.0 Å². The molecular formula is C20H32O4. The minimum absolute atomic E-state index is 0.0785. The second-order valence-electron chi connectivity index (χ2n) is 6.70. The third-order valence-corrected chi connectivity index (χ3v) is 4.63. The van der Waals surface area contributed by atoms with Crippen LogP contribution in [0, 0.1) is 11.8 Å². The van der Waals surface area contributed by atoms with Crippen molar-refractivity contribution in [2.24, 2.45) is 11.8 Å². The SMILES string of the molecule is CCCCCCC=CC1C(=O)C=CC1C(O)CCCCCC(=O)O. The average molecular weight is 336 g/mol. The number of carbonyl (C=O) groups excluding carboxylic acids is 1. The van der Waals surface area contributed by atoms with Gasteiger partial charge >= 0.3 is 5.97 Å². The van der Waals surface area contributed by atoms with E-state index in [1.165, 1.54) is 19.3 Å². The van der Waals surface area contributed by atoms with E-state index in [1.807, 2.05) is 12.2 Å². The number of carboxylic acids is 1. The molecule has 0 aliphatic heterocycles. The number of hydrogen-bond donors (Lipinski definition) is 2. The van der Waals surface area contributed by atoms with Crippen molar-refractivity contribution < 1.29 is 19.8 Å². The van der Waals surface area contributed by atoms with Crippen LogP contribution in [0.5, 0.6) is 0 Å². The van der Waals surface area contributed by atoms with Gasteiger partial charge in [-0.3, -0.25) is 9.59 Å². The lowest BCUT2D eigenvalue weighted by Crippen LogP contribution is -2.25. The summed E-state index contributed by atoms with van der Waals surface area (Å²) in [6.45, 7) is 2.19. The van der Waals surface area contributed by atoms with E-state index in [1.54, 1.807) is 6.08 Å². The van der Waals surface area contributed by atoms with Gasteiger partial charge in [0.1, 0.15) is 0 Å². The summed E-state index contributed by atoms with van der Waals surface area (Å²) in [5.41, 5.74) is 0. The third kappa shape index (κ3) is 7.91. The van der Waals surface area contributed by atoms with Crippen molar-refractivity contribution in [3.8, 4) is 0 Å². The summed E-state index contributed by atoms with van der Waals surface area (Å²) in [5.74, 6) is -1.06. The average Bonchev–Trinajstić information content (AvgIpc) is 2.91. The zero-order valence-corrected chi connectivity index (χ0v) is 14.8. The summed E-state index contributed by atoms with van der Waals surface area (Å²) in [5, 5.41) is 19.0. The smallest absolute Gasteiger partial charge is 0.303 e. The zero-order valence-electron chi connectivity index (χ0n) is 14.8. The summed E-state index contributed by atoms with van der Waals surface area (Å²) in [6, 6.07) is 0. The molecule has 3 atom stereocenters. The number of ketones is 1. The molecule has 0 aromatic heterocycles. The molecule has 1 aliphatic carbocycles. The number of aliphatic carboxylic acids is 1. The molecule has 0 amide bonds. The van der Waals surface area contributed by atoms with E-state index in [4.69, 9.17) is 5.11 Å². The van der Waals surface area contributed by atoms with Gasteiger partial charge < -0.3 is 10.2 Å². The van der Waals surface area contributed by atoms with Crippen LogP contribution < -0.4 is 0 Å². The van der Waals surface area contributed by atoms with Gasteiger partial charge in [-0.05, 0) is 31.8 Å². The van der Waals surface area contributed by atoms with E-state index in [9.17, 15) is 14.7 Å². The number of unbranched alkanes of at least 4 members (excludes halogenated alkanes) is 6. The lowest BCUT2D eigenvalue weighted by Gasteiger charge is -2.21. The summed E-state index contributed by atoms with van der Waals surface area (Å²) in [7, 11) is 0. The van der Waals surface area contributed by atoms with Crippen LogP contribution in [0.15, 0.2) is 24.3 Å². The Morgan fingerprint density at radius 3 is 2.67 bits per heavy atom. The molecular weight excluding hydrogens is 304 g/mol. The van der Waals surface area contributed by atoms with E-state index in [0.29, 0.717) is 12.8 Å². The number of hydrogen-bond acceptors (Lipinski definition) is 3. The quantitative estimate of drug-likeness (QED) is 0.389. The van der Waals surface area contributed by atoms with Gasteiger partial charge in [-0.1, -0.05) is 57.3 Å². The van der Waals surface area contributed by atoms with Crippen molar-refractivity contribution in [3.63, 3.8) is 0 Å². The molecule has 0 spiro atoms. The summed E-state index contributed by atoms with van der Waals surface area (Å²) < 4.78 is 0. The molecule has 0 aromatic rings. The van der Waals surface area contributed by atoms with Crippen LogP contribution in [-0.2, 0) is 9.59 Å². The van der Waals surface area contributed by atoms with Crippen LogP contribution in [0.25, 0.3) is 0 Å². The van der Waals surface area contributed by atoms with E-state index in [0.717, 1.165) is 25.7 Å². The molecule has 0 heterocycles. The molecule has 0 saturated carbocycles. The second-order valence-corrected chi connectivity index (χ2v) is 6.70. The third-order valence-electron chi connectivity index (χ3n) is 4.63. The lowest BCUT2D eigenvalue weighted by atomic mass is 9.87. The fourth-order valence-electron chi connectivity index (χ4n) is 3.15. The van der Waals surface area contributed by atoms with Gasteiger partial charge in [0.2, 0.25) is 0 Å². The summed E-state index contributed by atoms with van der Waals surface area (Å²) >= 11 is 0. The van der Waals surface area contributed by atoms with Gasteiger partial charge in [0, 0.05) is 18.3 Å². The normalized spacial score (nSPS) is 21.7. The van der Waals surface area contributed by atoms with Crippen LogP contribution in [0.3, 0.4) is 0 Å². The van der Waals surface area contributed by atoms with Gasteiger partial charge in [-0.15, -0.1) is 0 Å². The fourth-order valence-corrected chi connectivity index (χ4v) is 3.15. The summed E-state index contributed by atoms with van der Waals surface area (Å²) in [4.78, 5) is 22.5. The van der Waals surface area contributed by atoms with Crippen molar-refractivity contribution in [2.45, 2.75) is 77.2 Å². The number of allylic oxidation sites excluding steroid dienone is 3. The highest BCUT2D eigenvalue weighted by molar-refractivity contribution is 5.95. The fraction of sp³-hybridized carbons (Fsp3) is 0.700. The molecule has 4 heteroatoms. The van der Waals surface area contributed by atoms with Crippen LogP contribution >= 0.6 is 0 Å². The first kappa shape index (κ1) is 20.6. The van der Waals surface area contributed by atoms with Crippen molar-refractivity contribution in [1.29, 1.82) is 0 Å². The minimum atomic E-state index is -0.774. The molecule has 2 N–H and O–H groups in total. The highest BCUT2D eigenvalue weighted by atomic mass is 16.4. The highest BCUT2D eigenvalue weighted by Crippen LogP contribution is 2.29. The molecule has 1 aliphatic rings. The molecule has 4 nitrogen and oxygen atoms in total. The number of aliphatic hydroxyl groups excluding tert-OH is 1. The Kier molecular flexibility index (Phi) is 10.3. The molecule has 0 bridgehead atoms. The molecule has 0 fully saturated rings. The standard InChI is InChI=1S/C20H32O4/c1-2-3-4-5-6-8-11-16-17(14-15-19(16)22)18(21)12-9-7-10-13-20(23)24/h8,11,14-18,21H,2-7,9-10,12-13H2,1H3,(H,23,24). The number of rotatable bonds is 13. The van der Waals surface area contributed by atoms with Gasteiger partial charge in [-0.25, -0.2) is 0 Å². The van der Waals surface area contributed by atoms with Gasteiger partial charge in [0.05, 0.1) is 6.10 Å². The predicted octanol–water partition coefficient (Wildman–Crippen LogP) is 4.28. The van der Waals surface area contributed by atoms with E-state index >= 15 is 0 Å².